The molecule has 140 valence electrons. The van der Waals surface area contributed by atoms with Gasteiger partial charge in [-0.05, 0) is 30.7 Å². The highest BCUT2D eigenvalue weighted by molar-refractivity contribution is 5.92. The number of ether oxygens (including phenoxy) is 1. The van der Waals surface area contributed by atoms with Gasteiger partial charge in [0, 0.05) is 12.6 Å². The van der Waals surface area contributed by atoms with Gasteiger partial charge in [-0.25, -0.2) is 22.6 Å². The summed E-state index contributed by atoms with van der Waals surface area (Å²) in [6.07, 6.45) is -1.03. The zero-order chi connectivity index (χ0) is 19.7. The molecule has 0 bridgehead atoms. The molecule has 27 heavy (non-hydrogen) atoms. The Balaban J connectivity index is 1.89. The predicted molar refractivity (Wildman–Crippen MR) is 89.3 cm³/mol. The summed E-state index contributed by atoms with van der Waals surface area (Å²) in [6, 6.07) is 7.64. The molecule has 3 aromatic rings. The largest absolute Gasteiger partial charge is 0.417 e. The van der Waals surface area contributed by atoms with Gasteiger partial charge in [0.25, 0.3) is 5.95 Å². The minimum Gasteiger partial charge on any atom is -0.403 e. The van der Waals surface area contributed by atoms with Crippen molar-refractivity contribution < 1.29 is 27.1 Å². The molecule has 0 radical (unpaired) electrons. The maximum atomic E-state index is 13.9. The van der Waals surface area contributed by atoms with Crippen LogP contribution in [0.5, 0.6) is 5.75 Å². The Labute approximate surface area is 151 Å². The number of aryl methyl sites for hydroxylation is 2. The van der Waals surface area contributed by atoms with Gasteiger partial charge in [0.1, 0.15) is 5.69 Å². The number of anilines is 1. The molecule has 1 N–H and O–H groups in total. The fourth-order valence-electron chi connectivity index (χ4n) is 2.51. The Morgan fingerprint density at radius 3 is 2.33 bits per heavy atom. The van der Waals surface area contributed by atoms with E-state index in [1.54, 1.807) is 12.1 Å². The van der Waals surface area contributed by atoms with E-state index in [0.29, 0.717) is 0 Å². The highest BCUT2D eigenvalue weighted by Gasteiger charge is 2.19. The third-order valence-corrected chi connectivity index (χ3v) is 3.75. The van der Waals surface area contributed by atoms with Crippen molar-refractivity contribution in [3.05, 3.63) is 65.5 Å². The van der Waals surface area contributed by atoms with Crippen molar-refractivity contribution in [1.29, 1.82) is 0 Å². The number of nitrogens with zero attached hydrogens (tertiary/aromatic N) is 2. The molecule has 5 nitrogen and oxygen atoms in total. The van der Waals surface area contributed by atoms with Gasteiger partial charge in [-0.15, -0.1) is 0 Å². The average molecular weight is 379 g/mol. The van der Waals surface area contributed by atoms with E-state index in [0.717, 1.165) is 16.8 Å². The number of rotatable bonds is 3. The topological polar surface area (TPSA) is 56.2 Å². The fraction of sp³-hybridized carbons (Fsp3) is 0.111. The van der Waals surface area contributed by atoms with E-state index in [4.69, 9.17) is 4.74 Å². The van der Waals surface area contributed by atoms with Crippen LogP contribution in [0.1, 0.15) is 5.69 Å². The summed E-state index contributed by atoms with van der Waals surface area (Å²) in [6.45, 7) is 1.46. The number of halogens is 4. The van der Waals surface area contributed by atoms with E-state index in [1.165, 1.54) is 26.1 Å². The summed E-state index contributed by atoms with van der Waals surface area (Å²) >= 11 is 0. The average Bonchev–Trinajstić information content (AvgIpc) is 2.86. The van der Waals surface area contributed by atoms with Gasteiger partial charge in [0.2, 0.25) is 5.75 Å². The summed E-state index contributed by atoms with van der Waals surface area (Å²) in [4.78, 5) is 12.1. The standard InChI is InChI=1S/C18H13F4N3O2/c1-9-16(17(22)25(2)24-9)27-18(26)23-14-6-4-3-5-11(14)10-7-12(19)15(21)13(20)8-10/h3-8H,1-2H3,(H,23,26). The number of nitrogens with one attached hydrogen (secondary N) is 1. The number of aromatic nitrogens is 2. The number of hydrogen-bond acceptors (Lipinski definition) is 3. The number of carbonyl (C=O) groups excluding carboxylic acids is 1. The Bertz CT molecular complexity index is 1010. The normalized spacial score (nSPS) is 10.7. The predicted octanol–water partition coefficient (Wildman–Crippen LogP) is 4.56. The second-order valence-corrected chi connectivity index (χ2v) is 5.64. The maximum Gasteiger partial charge on any atom is 0.417 e. The molecule has 1 aromatic heterocycles. The Hall–Kier alpha value is -3.36. The summed E-state index contributed by atoms with van der Waals surface area (Å²) in [7, 11) is 1.35. The van der Waals surface area contributed by atoms with Crippen LogP contribution in [0.25, 0.3) is 11.1 Å². The van der Waals surface area contributed by atoms with Crippen molar-refractivity contribution in [2.75, 3.05) is 5.32 Å². The summed E-state index contributed by atoms with van der Waals surface area (Å²) < 4.78 is 59.9. The van der Waals surface area contributed by atoms with Gasteiger partial charge in [0.05, 0.1) is 5.69 Å². The molecule has 3 rings (SSSR count). The van der Waals surface area contributed by atoms with E-state index in [9.17, 15) is 22.4 Å². The summed E-state index contributed by atoms with van der Waals surface area (Å²) in [5.41, 5.74) is 0.526. The lowest BCUT2D eigenvalue weighted by Crippen LogP contribution is -2.18. The zero-order valence-electron chi connectivity index (χ0n) is 14.2. The van der Waals surface area contributed by atoms with E-state index < -0.39 is 29.5 Å². The third-order valence-electron chi connectivity index (χ3n) is 3.75. The number of para-hydroxylation sites is 1. The molecule has 1 amide bonds. The molecule has 0 saturated carbocycles. The molecule has 0 aliphatic heterocycles. The van der Waals surface area contributed by atoms with Crippen molar-refractivity contribution in [3.63, 3.8) is 0 Å². The monoisotopic (exact) mass is 379 g/mol. The number of carbonyl (C=O) groups is 1. The van der Waals surface area contributed by atoms with Crippen LogP contribution in [0.4, 0.5) is 28.0 Å². The second-order valence-electron chi connectivity index (χ2n) is 5.64. The van der Waals surface area contributed by atoms with Crippen LogP contribution in [-0.2, 0) is 7.05 Å². The lowest BCUT2D eigenvalue weighted by molar-refractivity contribution is 0.212. The minimum absolute atomic E-state index is 0.00559. The van der Waals surface area contributed by atoms with E-state index in [-0.39, 0.29) is 28.3 Å². The molecular formula is C18H13F4N3O2. The number of amides is 1. The molecule has 0 fully saturated rings. The Morgan fingerprint density at radius 2 is 1.74 bits per heavy atom. The highest BCUT2D eigenvalue weighted by Crippen LogP contribution is 2.30. The summed E-state index contributed by atoms with van der Waals surface area (Å²) in [5.74, 6) is -5.50. The second kappa shape index (κ2) is 7.10. The van der Waals surface area contributed by atoms with Gasteiger partial charge >= 0.3 is 6.09 Å². The maximum absolute atomic E-state index is 13.9. The van der Waals surface area contributed by atoms with Gasteiger partial charge in [-0.2, -0.15) is 9.49 Å². The highest BCUT2D eigenvalue weighted by atomic mass is 19.2. The van der Waals surface area contributed by atoms with Crippen molar-refractivity contribution in [2.24, 2.45) is 7.05 Å². The smallest absolute Gasteiger partial charge is 0.403 e. The molecule has 0 aliphatic carbocycles. The van der Waals surface area contributed by atoms with Crippen molar-refractivity contribution in [3.8, 4) is 16.9 Å². The first-order valence-corrected chi connectivity index (χ1v) is 7.69. The van der Waals surface area contributed by atoms with Crippen LogP contribution in [0.2, 0.25) is 0 Å². The van der Waals surface area contributed by atoms with Gasteiger partial charge in [0.15, 0.2) is 17.5 Å². The molecule has 0 aliphatic rings. The van der Waals surface area contributed by atoms with E-state index in [1.807, 2.05) is 0 Å². The van der Waals surface area contributed by atoms with Crippen molar-refractivity contribution >= 4 is 11.8 Å². The fourth-order valence-corrected chi connectivity index (χ4v) is 2.51. The molecule has 0 saturated heterocycles. The number of benzene rings is 2. The van der Waals surface area contributed by atoms with Crippen molar-refractivity contribution in [2.45, 2.75) is 6.92 Å². The molecule has 0 atom stereocenters. The number of hydrogen-bond donors (Lipinski definition) is 1. The van der Waals surface area contributed by atoms with Gasteiger partial charge < -0.3 is 4.74 Å². The van der Waals surface area contributed by atoms with E-state index in [2.05, 4.69) is 10.4 Å². The summed E-state index contributed by atoms with van der Waals surface area (Å²) in [5, 5.41) is 6.15. The van der Waals surface area contributed by atoms with Crippen LogP contribution in [0.15, 0.2) is 36.4 Å². The first kappa shape index (κ1) is 18.4. The van der Waals surface area contributed by atoms with Crippen LogP contribution < -0.4 is 10.1 Å². The molecular weight excluding hydrogens is 366 g/mol. The lowest BCUT2D eigenvalue weighted by atomic mass is 10.0. The van der Waals surface area contributed by atoms with Crippen LogP contribution >= 0.6 is 0 Å². The van der Waals surface area contributed by atoms with Crippen LogP contribution in [0, 0.1) is 30.3 Å². The van der Waals surface area contributed by atoms with Crippen LogP contribution in [-0.4, -0.2) is 15.9 Å². The molecule has 9 heteroatoms. The zero-order valence-corrected chi connectivity index (χ0v) is 14.2. The molecule has 0 unspecified atom stereocenters. The quantitative estimate of drug-likeness (QED) is 0.536. The van der Waals surface area contributed by atoms with Crippen molar-refractivity contribution in [1.82, 2.24) is 9.78 Å². The first-order chi connectivity index (χ1) is 12.8. The van der Waals surface area contributed by atoms with E-state index >= 15 is 0 Å². The Morgan fingerprint density at radius 1 is 1.11 bits per heavy atom. The molecule has 2 aromatic carbocycles. The minimum atomic E-state index is -1.59. The molecule has 0 spiro atoms. The third kappa shape index (κ3) is 3.62. The lowest BCUT2D eigenvalue weighted by Gasteiger charge is -2.12. The first-order valence-electron chi connectivity index (χ1n) is 7.69. The van der Waals surface area contributed by atoms with Gasteiger partial charge in [-0.1, -0.05) is 18.2 Å². The van der Waals surface area contributed by atoms with Gasteiger partial charge in [-0.3, -0.25) is 5.32 Å². The SMILES string of the molecule is Cc1nn(C)c(F)c1OC(=O)Nc1ccccc1-c1cc(F)c(F)c(F)c1. The van der Waals surface area contributed by atoms with Crippen LogP contribution in [0.3, 0.4) is 0 Å². The Kier molecular flexibility index (Phi) is 4.85. The molecule has 1 heterocycles.